The van der Waals surface area contributed by atoms with Gasteiger partial charge in [0, 0.05) is 60.9 Å². The first-order valence-corrected chi connectivity index (χ1v) is 19.5. The number of aliphatic imine (C=N–C) groups is 1. The smallest absolute Gasteiger partial charge is 0.255 e. The zero-order valence-corrected chi connectivity index (χ0v) is 30.0. The summed E-state index contributed by atoms with van der Waals surface area (Å²) in [5.41, 5.74) is 11.5. The van der Waals surface area contributed by atoms with Gasteiger partial charge in [0.25, 0.3) is 5.91 Å². The molecule has 1 atom stereocenters. The number of aromatic hydroxyl groups is 1. The van der Waals surface area contributed by atoms with Crippen molar-refractivity contribution in [2.24, 2.45) is 10.7 Å². The van der Waals surface area contributed by atoms with Crippen LogP contribution >= 0.6 is 0 Å². The summed E-state index contributed by atoms with van der Waals surface area (Å²) in [6, 6.07) is 23.5. The van der Waals surface area contributed by atoms with Gasteiger partial charge in [-0.05, 0) is 55.1 Å². The van der Waals surface area contributed by atoms with E-state index in [1.54, 1.807) is 18.5 Å². The number of nitrogens with zero attached hydrogens (tertiary/aromatic N) is 4. The van der Waals surface area contributed by atoms with E-state index in [2.05, 4.69) is 44.6 Å². The molecule has 0 radical (unpaired) electrons. The van der Waals surface area contributed by atoms with Gasteiger partial charge in [-0.1, -0.05) is 24.3 Å². The van der Waals surface area contributed by atoms with E-state index >= 15 is 0 Å². The maximum atomic E-state index is 12.7. The number of aldehydes is 1. The molecule has 15 heteroatoms. The number of fused-ring (bicyclic) bond motifs is 1. The fourth-order valence-corrected chi connectivity index (χ4v) is 6.88. The number of amides is 2. The van der Waals surface area contributed by atoms with Gasteiger partial charge in [0.2, 0.25) is 0 Å². The summed E-state index contributed by atoms with van der Waals surface area (Å²) in [6.07, 6.45) is 2.61. The number of hydrogen-bond acceptors (Lipinski definition) is 10. The van der Waals surface area contributed by atoms with E-state index in [0.29, 0.717) is 11.3 Å². The third kappa shape index (κ3) is 9.11. The van der Waals surface area contributed by atoms with Crippen LogP contribution < -0.4 is 30.5 Å². The first-order chi connectivity index (χ1) is 24.4. The van der Waals surface area contributed by atoms with Gasteiger partial charge in [0.1, 0.15) is 12.3 Å². The molecule has 2 amide bonds. The van der Waals surface area contributed by atoms with E-state index < -0.39 is 26.1 Å². The first kappa shape index (κ1) is 37.0. The third-order valence-electron chi connectivity index (χ3n) is 8.45. The number of phenols is 1. The third-order valence-corrected chi connectivity index (χ3v) is 10.4. The normalized spacial score (nSPS) is 15.7. The summed E-state index contributed by atoms with van der Waals surface area (Å²) in [7, 11) is 2.13. The van der Waals surface area contributed by atoms with Crippen molar-refractivity contribution < 1.29 is 31.4 Å². The Kier molecular flexibility index (Phi) is 11.8. The van der Waals surface area contributed by atoms with Crippen molar-refractivity contribution >= 4 is 71.4 Å². The van der Waals surface area contributed by atoms with Gasteiger partial charge in [-0.3, -0.25) is 4.79 Å². The van der Waals surface area contributed by atoms with E-state index in [9.17, 15) is 23.2 Å². The number of benzene rings is 4. The van der Waals surface area contributed by atoms with Gasteiger partial charge in [-0.15, -0.1) is 0 Å². The van der Waals surface area contributed by atoms with Crippen molar-refractivity contribution in [2.75, 3.05) is 53.7 Å². The minimum atomic E-state index is -4.98. The number of carbonyl (C=O) groups excluding carboxylic acids is 3. The van der Waals surface area contributed by atoms with Crippen molar-refractivity contribution in [3.8, 4) is 5.75 Å². The Morgan fingerprint density at radius 3 is 2.33 bits per heavy atom. The minimum Gasteiger partial charge on any atom is -0.369 e. The number of phenolic OH excluding ortho intramolecular Hbond substituents is 1. The zero-order valence-electron chi connectivity index (χ0n) is 28.1. The molecule has 14 nitrogen and oxygen atoms in total. The summed E-state index contributed by atoms with van der Waals surface area (Å²) >= 11 is -4.98. The fourth-order valence-electron chi connectivity index (χ4n) is 5.70. The van der Waals surface area contributed by atoms with Gasteiger partial charge < -0.3 is 30.5 Å². The molecule has 1 fully saturated rings. The molecule has 4 aromatic rings. The second-order valence-electron chi connectivity index (χ2n) is 12.1. The van der Waals surface area contributed by atoms with Crippen LogP contribution in [0, 0.1) is 0 Å². The first-order valence-electron chi connectivity index (χ1n) is 16.1. The van der Waals surface area contributed by atoms with E-state index in [4.69, 9.17) is 13.9 Å². The minimum absolute atomic E-state index is 0.00951. The summed E-state index contributed by atoms with van der Waals surface area (Å²) in [6.45, 7) is 5.39. The quantitative estimate of drug-likeness (QED) is 0.0877. The Labute approximate surface area is 298 Å². The van der Waals surface area contributed by atoms with Crippen molar-refractivity contribution in [1.29, 1.82) is 0 Å². The molecule has 6 rings (SSSR count). The van der Waals surface area contributed by atoms with Gasteiger partial charge in [-0.2, -0.15) is 0 Å². The number of hydrogen-bond donors (Lipinski definition) is 6. The molecule has 0 bridgehead atoms. The van der Waals surface area contributed by atoms with Gasteiger partial charge in [-0.25, -0.2) is 4.99 Å². The summed E-state index contributed by atoms with van der Waals surface area (Å²) in [5, 5.41) is 14.5. The van der Waals surface area contributed by atoms with Gasteiger partial charge in [0.15, 0.2) is 0 Å². The Morgan fingerprint density at radius 1 is 0.961 bits per heavy atom. The summed E-state index contributed by atoms with van der Waals surface area (Å²) in [4.78, 5) is 47.0. The van der Waals surface area contributed by atoms with Crippen LogP contribution in [0.1, 0.15) is 34.5 Å². The molecule has 2 heterocycles. The molecule has 0 spiro atoms. The van der Waals surface area contributed by atoms with Gasteiger partial charge in [0.05, 0.1) is 12.0 Å². The summed E-state index contributed by atoms with van der Waals surface area (Å²) < 4.78 is 28.6. The predicted octanol–water partition coefficient (Wildman–Crippen LogP) is 2.48. The van der Waals surface area contributed by atoms with E-state index in [1.165, 1.54) is 6.92 Å². The Hall–Kier alpha value is -5.24. The Morgan fingerprint density at radius 2 is 1.69 bits per heavy atom. The topological polar surface area (TPSA) is 201 Å². The molecule has 0 saturated carbocycles. The number of carbonyl (C=O) groups is 3. The van der Waals surface area contributed by atoms with E-state index in [0.717, 1.165) is 78.9 Å². The molecule has 1 unspecified atom stereocenters. The maximum absolute atomic E-state index is 12.7. The molecular formula is C36H40AsN7O7. The maximum Gasteiger partial charge on any atom is 0.255 e. The average Bonchev–Trinajstić information content (AvgIpc) is 3.12. The van der Waals surface area contributed by atoms with E-state index in [1.807, 2.05) is 47.4 Å². The number of nitrogens with one attached hydrogen (secondary N) is 2. The number of nitrogens with two attached hydrogens (primary N) is 1. The number of rotatable bonds is 8. The van der Waals surface area contributed by atoms with Crippen LogP contribution in [0.5, 0.6) is 5.75 Å². The molecule has 0 aromatic heterocycles. The Balaban J connectivity index is 0.000000283. The van der Waals surface area contributed by atoms with E-state index in [-0.39, 0.29) is 28.2 Å². The molecule has 2 aliphatic rings. The van der Waals surface area contributed by atoms with Crippen molar-refractivity contribution in [3.05, 3.63) is 102 Å². The number of anilines is 4. The number of piperazine rings is 1. The van der Waals surface area contributed by atoms with Crippen molar-refractivity contribution in [3.63, 3.8) is 0 Å². The molecule has 7 N–H and O–H groups in total. The van der Waals surface area contributed by atoms with Crippen LogP contribution in [0.15, 0.2) is 89.9 Å². The zero-order chi connectivity index (χ0) is 36.7. The SMILES string of the molecule is CC(=O)Nc1cc([As](=O)(O)O)ccc1O.CN1CCN(c2ccc3c(c2)C(C=O)N(c2cc(NC(=O)c4ccccc4)ccc2CN)C=N3)CC1. The fraction of sp³-hybridized carbons (Fsp3) is 0.222. The largest absolute Gasteiger partial charge is 0.369 e. The van der Waals surface area contributed by atoms with Crippen LogP contribution in [0.2, 0.25) is 0 Å². The van der Waals surface area contributed by atoms with Crippen molar-refractivity contribution in [2.45, 2.75) is 19.5 Å². The molecule has 4 aromatic carbocycles. The van der Waals surface area contributed by atoms with Crippen LogP contribution in [-0.4, -0.2) is 90.0 Å². The van der Waals surface area contributed by atoms with Crippen molar-refractivity contribution in [1.82, 2.24) is 4.90 Å². The average molecular weight is 758 g/mol. The molecule has 266 valence electrons. The number of likely N-dealkylation sites (N-methyl/N-ethyl adjacent to an activating group) is 1. The Bertz CT molecular complexity index is 1980. The second-order valence-corrected chi connectivity index (χ2v) is 15.4. The molecule has 51 heavy (non-hydrogen) atoms. The molecule has 2 aliphatic heterocycles. The van der Waals surface area contributed by atoms with Crippen LogP contribution in [0.3, 0.4) is 0 Å². The predicted molar refractivity (Wildman–Crippen MR) is 197 cm³/mol. The summed E-state index contributed by atoms with van der Waals surface area (Å²) in [5.74, 6) is -0.873. The van der Waals surface area contributed by atoms with Crippen LogP contribution in [-0.2, 0) is 19.9 Å². The van der Waals surface area contributed by atoms with Crippen LogP contribution in [0.25, 0.3) is 0 Å². The second kappa shape index (κ2) is 16.2. The molecular weight excluding hydrogens is 717 g/mol. The monoisotopic (exact) mass is 757 g/mol. The van der Waals surface area contributed by atoms with Gasteiger partial charge >= 0.3 is 88.1 Å². The van der Waals surface area contributed by atoms with Crippen LogP contribution in [0.4, 0.5) is 28.4 Å². The standard InChI is InChI=1S/C28H30N6O2.C8H10AsNO5/c1-32-11-13-33(14-12-32)23-9-10-25-24(16-23)27(18-35)34(19-30-25)26-15-22(8-7-21(26)17-29)31-28(36)20-5-3-2-4-6-20;1-5(11)10-7-4-6(9(13,14)15)2-3-8(7)12/h2-10,15-16,18-19,27H,11-14,17,29H2,1H3,(H,31,36);2-4,12H,1H3,(H,10,11)(H2,13,14,15). The molecule has 1 saturated heterocycles. The molecule has 0 aliphatic carbocycles.